The first-order chi connectivity index (χ1) is 16.9. The van der Waals surface area contributed by atoms with Crippen LogP contribution in [0, 0.1) is 0 Å². The summed E-state index contributed by atoms with van der Waals surface area (Å²) in [5.41, 5.74) is 3.11. The number of nitrogens with zero attached hydrogens (tertiary/aromatic N) is 1. The third kappa shape index (κ3) is 9.60. The smallest absolute Gasteiger partial charge is 0.311 e. The van der Waals surface area contributed by atoms with E-state index in [1.807, 2.05) is 12.1 Å². The molecule has 0 fully saturated rings. The van der Waals surface area contributed by atoms with Gasteiger partial charge in [0.15, 0.2) is 6.61 Å². The average molecular weight is 580 g/mol. The van der Waals surface area contributed by atoms with E-state index in [0.717, 1.165) is 4.47 Å². The highest BCUT2D eigenvalue weighted by molar-refractivity contribution is 9.10. The second kappa shape index (κ2) is 13.7. The highest BCUT2D eigenvalue weighted by atomic mass is 79.9. The molecule has 0 aliphatic heterocycles. The zero-order valence-corrected chi connectivity index (χ0v) is 21.5. The molecule has 3 rings (SSSR count). The molecule has 0 aliphatic carbocycles. The minimum Gasteiger partial charge on any atom is -0.492 e. The van der Waals surface area contributed by atoms with Crippen LogP contribution in [0.2, 0.25) is 10.0 Å². The Balaban J connectivity index is 1.34. The van der Waals surface area contributed by atoms with Gasteiger partial charge in [-0.2, -0.15) is 5.10 Å². The van der Waals surface area contributed by atoms with Gasteiger partial charge in [0.1, 0.15) is 17.2 Å². The van der Waals surface area contributed by atoms with Crippen molar-refractivity contribution in [2.24, 2.45) is 5.10 Å². The van der Waals surface area contributed by atoms with Gasteiger partial charge in [0.05, 0.1) is 17.8 Å². The van der Waals surface area contributed by atoms with Gasteiger partial charge in [0.2, 0.25) is 0 Å². The summed E-state index contributed by atoms with van der Waals surface area (Å²) in [5.74, 6) is 0.721. The molecule has 35 heavy (non-hydrogen) atoms. The summed E-state index contributed by atoms with van der Waals surface area (Å²) in [4.78, 5) is 23.9. The van der Waals surface area contributed by atoms with Gasteiger partial charge in [-0.3, -0.25) is 9.59 Å². The molecule has 0 spiro atoms. The van der Waals surface area contributed by atoms with Crippen molar-refractivity contribution in [2.75, 3.05) is 13.2 Å². The average Bonchev–Trinajstić information content (AvgIpc) is 2.84. The Hall–Kier alpha value is -3.07. The van der Waals surface area contributed by atoms with E-state index in [-0.39, 0.29) is 19.0 Å². The Morgan fingerprint density at radius 3 is 2.37 bits per heavy atom. The molecular weight excluding hydrogens is 559 g/mol. The van der Waals surface area contributed by atoms with Crippen LogP contribution < -0.4 is 19.6 Å². The zero-order valence-electron chi connectivity index (χ0n) is 18.4. The summed E-state index contributed by atoms with van der Waals surface area (Å²) < 4.78 is 17.2. The molecule has 3 aromatic carbocycles. The predicted molar refractivity (Wildman–Crippen MR) is 139 cm³/mol. The maximum absolute atomic E-state index is 12.0. The molecule has 0 unspecified atom stereocenters. The number of halogens is 3. The molecule has 0 saturated heterocycles. The molecule has 0 atom stereocenters. The number of benzene rings is 3. The number of carbonyl (C=O) groups excluding carboxylic acids is 2. The molecule has 3 aromatic rings. The Morgan fingerprint density at radius 1 is 0.943 bits per heavy atom. The van der Waals surface area contributed by atoms with Crippen molar-refractivity contribution in [2.45, 2.75) is 12.8 Å². The fourth-order valence-electron chi connectivity index (χ4n) is 2.69. The summed E-state index contributed by atoms with van der Waals surface area (Å²) in [6.45, 7) is 0.150. The van der Waals surface area contributed by atoms with Crippen LogP contribution in [0.3, 0.4) is 0 Å². The number of amides is 1. The van der Waals surface area contributed by atoms with Gasteiger partial charge >= 0.3 is 5.97 Å². The molecule has 7 nitrogen and oxygen atoms in total. The van der Waals surface area contributed by atoms with Gasteiger partial charge in [-0.25, -0.2) is 5.43 Å². The molecule has 0 bridgehead atoms. The van der Waals surface area contributed by atoms with Crippen LogP contribution in [0.5, 0.6) is 17.2 Å². The number of hydrazone groups is 1. The van der Waals surface area contributed by atoms with Crippen LogP contribution in [-0.4, -0.2) is 31.3 Å². The second-order valence-electron chi connectivity index (χ2n) is 7.11. The zero-order chi connectivity index (χ0) is 25.0. The molecule has 1 N–H and O–H groups in total. The molecule has 182 valence electrons. The molecule has 0 aromatic heterocycles. The van der Waals surface area contributed by atoms with Gasteiger partial charge in [-0.15, -0.1) is 0 Å². The molecule has 10 heteroatoms. The van der Waals surface area contributed by atoms with Crippen molar-refractivity contribution in [3.8, 4) is 17.2 Å². The first-order valence-corrected chi connectivity index (χ1v) is 12.0. The number of hydrogen-bond donors (Lipinski definition) is 1. The summed E-state index contributed by atoms with van der Waals surface area (Å²) in [5, 5.41) is 4.83. The van der Waals surface area contributed by atoms with E-state index in [4.69, 9.17) is 37.4 Å². The van der Waals surface area contributed by atoms with Gasteiger partial charge in [-0.1, -0.05) is 39.1 Å². The number of hydrogen-bond acceptors (Lipinski definition) is 6. The topological polar surface area (TPSA) is 86.2 Å². The minimum atomic E-state index is -0.392. The van der Waals surface area contributed by atoms with Crippen LogP contribution in [-0.2, 0) is 9.59 Å². The number of carbonyl (C=O) groups is 2. The highest BCUT2D eigenvalue weighted by Crippen LogP contribution is 2.27. The fraction of sp³-hybridized carbons (Fsp3) is 0.160. The standard InChI is InChI=1S/C25H21BrCl2N2O5/c26-18-5-10-20(11-6-18)34-16-24(31)30-29-15-17-3-8-21(9-4-17)35-25(32)2-1-13-33-23-12-7-19(27)14-22(23)28/h3-12,14-15H,1-2,13,16H2,(H,30,31). The molecule has 0 aliphatic rings. The second-order valence-corrected chi connectivity index (χ2v) is 8.86. The van der Waals surface area contributed by atoms with E-state index >= 15 is 0 Å². The fourth-order valence-corrected chi connectivity index (χ4v) is 3.41. The quantitative estimate of drug-likeness (QED) is 0.0982. The monoisotopic (exact) mass is 578 g/mol. The van der Waals surface area contributed by atoms with Crippen molar-refractivity contribution in [1.29, 1.82) is 0 Å². The summed E-state index contributed by atoms with van der Waals surface area (Å²) >= 11 is 15.2. The van der Waals surface area contributed by atoms with E-state index in [1.165, 1.54) is 6.21 Å². The first-order valence-electron chi connectivity index (χ1n) is 10.5. The van der Waals surface area contributed by atoms with Crippen LogP contribution in [0.1, 0.15) is 18.4 Å². The van der Waals surface area contributed by atoms with E-state index < -0.39 is 5.91 Å². The van der Waals surface area contributed by atoms with E-state index in [1.54, 1.807) is 54.6 Å². The Kier molecular flexibility index (Phi) is 10.4. The first kappa shape index (κ1) is 26.5. The lowest BCUT2D eigenvalue weighted by atomic mass is 10.2. The Bertz CT molecular complexity index is 1170. The van der Waals surface area contributed by atoms with Crippen LogP contribution >= 0.6 is 39.1 Å². The largest absolute Gasteiger partial charge is 0.492 e. The number of ether oxygens (including phenoxy) is 3. The number of rotatable bonds is 11. The Morgan fingerprint density at radius 2 is 1.66 bits per heavy atom. The summed E-state index contributed by atoms with van der Waals surface area (Å²) in [7, 11) is 0. The lowest BCUT2D eigenvalue weighted by Crippen LogP contribution is -2.24. The van der Waals surface area contributed by atoms with Crippen LogP contribution in [0.15, 0.2) is 76.3 Å². The minimum absolute atomic E-state index is 0.161. The lowest BCUT2D eigenvalue weighted by molar-refractivity contribution is -0.134. The van der Waals surface area contributed by atoms with Gasteiger partial charge < -0.3 is 14.2 Å². The third-order valence-electron chi connectivity index (χ3n) is 4.37. The van der Waals surface area contributed by atoms with E-state index in [9.17, 15) is 9.59 Å². The van der Waals surface area contributed by atoms with E-state index in [2.05, 4.69) is 26.5 Å². The van der Waals surface area contributed by atoms with Crippen molar-refractivity contribution < 1.29 is 23.8 Å². The van der Waals surface area contributed by atoms with E-state index in [0.29, 0.717) is 45.9 Å². The molecule has 1 amide bonds. The SMILES string of the molecule is O=C(COc1ccc(Br)cc1)NN=Cc1ccc(OC(=O)CCCOc2ccc(Cl)cc2Cl)cc1. The van der Waals surface area contributed by atoms with Crippen LogP contribution in [0.25, 0.3) is 0 Å². The van der Waals surface area contributed by atoms with Crippen molar-refractivity contribution in [3.05, 3.63) is 86.8 Å². The highest BCUT2D eigenvalue weighted by Gasteiger charge is 2.07. The Labute approximate surface area is 221 Å². The molecular formula is C25H21BrCl2N2O5. The number of esters is 1. The maximum Gasteiger partial charge on any atom is 0.311 e. The summed E-state index contributed by atoms with van der Waals surface area (Å²) in [6, 6.07) is 18.8. The molecule has 0 saturated carbocycles. The third-order valence-corrected chi connectivity index (χ3v) is 5.43. The normalized spacial score (nSPS) is 10.7. The van der Waals surface area contributed by atoms with Gasteiger partial charge in [-0.05, 0) is 78.7 Å². The summed E-state index contributed by atoms with van der Waals surface area (Å²) in [6.07, 6.45) is 2.12. The van der Waals surface area contributed by atoms with Crippen molar-refractivity contribution in [3.63, 3.8) is 0 Å². The number of nitrogens with one attached hydrogen (secondary N) is 1. The molecule has 0 radical (unpaired) electrons. The van der Waals surface area contributed by atoms with Crippen LogP contribution in [0.4, 0.5) is 0 Å². The van der Waals surface area contributed by atoms with Gasteiger partial charge in [0.25, 0.3) is 5.91 Å². The predicted octanol–water partition coefficient (Wildman–Crippen LogP) is 6.05. The maximum atomic E-state index is 12.0. The van der Waals surface area contributed by atoms with Crippen molar-refractivity contribution in [1.82, 2.24) is 5.43 Å². The van der Waals surface area contributed by atoms with Gasteiger partial charge in [0, 0.05) is 15.9 Å². The molecule has 0 heterocycles. The lowest BCUT2D eigenvalue weighted by Gasteiger charge is -2.08. The van der Waals surface area contributed by atoms with Crippen molar-refractivity contribution >= 4 is 57.2 Å².